The Labute approximate surface area is 184 Å². The van der Waals surface area contributed by atoms with Crippen molar-refractivity contribution in [3.05, 3.63) is 95.4 Å². The molecule has 4 rings (SSSR count). The molecular formula is C25H21FN2O4. The molecule has 0 aliphatic carbocycles. The van der Waals surface area contributed by atoms with E-state index in [2.05, 4.69) is 5.32 Å². The van der Waals surface area contributed by atoms with Crippen molar-refractivity contribution in [2.45, 2.75) is 6.54 Å². The van der Waals surface area contributed by atoms with Crippen molar-refractivity contribution >= 4 is 23.1 Å². The molecule has 0 saturated heterocycles. The summed E-state index contributed by atoms with van der Waals surface area (Å²) in [5.74, 6) is -0.324. The number of hydrogen-bond donors (Lipinski definition) is 1. The molecule has 2 amide bonds. The van der Waals surface area contributed by atoms with Gasteiger partial charge in [-0.2, -0.15) is 0 Å². The summed E-state index contributed by atoms with van der Waals surface area (Å²) in [7, 11) is 3.03. The van der Waals surface area contributed by atoms with Crippen molar-refractivity contribution < 1.29 is 23.5 Å². The Bertz CT molecular complexity index is 1200. The largest absolute Gasteiger partial charge is 0.496 e. The first-order valence-corrected chi connectivity index (χ1v) is 9.92. The zero-order valence-corrected chi connectivity index (χ0v) is 17.6. The molecule has 3 aromatic carbocycles. The fourth-order valence-electron chi connectivity index (χ4n) is 3.62. The van der Waals surface area contributed by atoms with Crippen LogP contribution in [0.3, 0.4) is 0 Å². The molecule has 0 spiro atoms. The van der Waals surface area contributed by atoms with Gasteiger partial charge < -0.3 is 14.8 Å². The number of benzene rings is 3. The van der Waals surface area contributed by atoms with Gasteiger partial charge in [-0.1, -0.05) is 36.4 Å². The number of methoxy groups -OCH3 is 2. The SMILES string of the molecule is COc1ccccc1CN1C(=O)C(Nc2ccc(F)cc2)=C(c2ccccc2OC)C1=O. The van der Waals surface area contributed by atoms with Crippen LogP contribution in [0.4, 0.5) is 10.1 Å². The van der Waals surface area contributed by atoms with E-state index in [0.717, 1.165) is 4.90 Å². The van der Waals surface area contributed by atoms with E-state index in [1.165, 1.54) is 38.5 Å². The fourth-order valence-corrected chi connectivity index (χ4v) is 3.62. The summed E-state index contributed by atoms with van der Waals surface area (Å²) in [5.41, 5.74) is 1.95. The van der Waals surface area contributed by atoms with E-state index in [4.69, 9.17) is 9.47 Å². The molecular weight excluding hydrogens is 411 g/mol. The minimum atomic E-state index is -0.494. The number of imide groups is 1. The van der Waals surface area contributed by atoms with Crippen LogP contribution in [-0.4, -0.2) is 30.9 Å². The standard InChI is InChI=1S/C25H21FN2O4/c1-31-20-9-5-3-7-16(20)15-28-24(29)22(19-8-4-6-10-21(19)32-2)23(25(28)30)27-18-13-11-17(26)12-14-18/h3-14,27H,15H2,1-2H3. The van der Waals surface area contributed by atoms with Crippen LogP contribution in [-0.2, 0) is 16.1 Å². The zero-order valence-electron chi connectivity index (χ0n) is 17.6. The predicted octanol–water partition coefficient (Wildman–Crippen LogP) is 4.24. The highest BCUT2D eigenvalue weighted by molar-refractivity contribution is 6.36. The van der Waals surface area contributed by atoms with Gasteiger partial charge in [0.1, 0.15) is 23.0 Å². The van der Waals surface area contributed by atoms with Crippen LogP contribution < -0.4 is 14.8 Å². The first-order valence-electron chi connectivity index (χ1n) is 9.92. The maximum Gasteiger partial charge on any atom is 0.278 e. The third-order valence-electron chi connectivity index (χ3n) is 5.18. The summed E-state index contributed by atoms with van der Waals surface area (Å²) in [6.45, 7) is 0.0366. The number of carbonyl (C=O) groups is 2. The van der Waals surface area contributed by atoms with Gasteiger partial charge in [0.2, 0.25) is 0 Å². The van der Waals surface area contributed by atoms with Crippen LogP contribution in [0.15, 0.2) is 78.5 Å². The first-order chi connectivity index (χ1) is 15.5. The second kappa shape index (κ2) is 8.93. The van der Waals surface area contributed by atoms with Crippen LogP contribution in [0, 0.1) is 5.82 Å². The Hall–Kier alpha value is -4.13. The summed E-state index contributed by atoms with van der Waals surface area (Å²) < 4.78 is 24.2. The van der Waals surface area contributed by atoms with Gasteiger partial charge >= 0.3 is 0 Å². The molecule has 0 unspecified atom stereocenters. The summed E-state index contributed by atoms with van der Waals surface area (Å²) >= 11 is 0. The number of halogens is 1. The quantitative estimate of drug-likeness (QED) is 0.566. The molecule has 0 atom stereocenters. The predicted molar refractivity (Wildman–Crippen MR) is 118 cm³/mol. The van der Waals surface area contributed by atoms with Crippen LogP contribution >= 0.6 is 0 Å². The molecule has 0 radical (unpaired) electrons. The molecule has 0 aromatic heterocycles. The van der Waals surface area contributed by atoms with Crippen molar-refractivity contribution in [1.82, 2.24) is 4.90 Å². The van der Waals surface area contributed by atoms with E-state index in [1.807, 2.05) is 12.1 Å². The van der Waals surface area contributed by atoms with Crippen molar-refractivity contribution in [3.63, 3.8) is 0 Å². The number of hydrogen-bond acceptors (Lipinski definition) is 5. The van der Waals surface area contributed by atoms with Crippen LogP contribution in [0.2, 0.25) is 0 Å². The minimum Gasteiger partial charge on any atom is -0.496 e. The van der Waals surface area contributed by atoms with Crippen molar-refractivity contribution in [2.24, 2.45) is 0 Å². The molecule has 7 heteroatoms. The van der Waals surface area contributed by atoms with Gasteiger partial charge in [0.05, 0.1) is 26.3 Å². The smallest absolute Gasteiger partial charge is 0.278 e. The maximum absolute atomic E-state index is 13.5. The third kappa shape index (κ3) is 3.92. The van der Waals surface area contributed by atoms with Gasteiger partial charge in [-0.3, -0.25) is 14.5 Å². The van der Waals surface area contributed by atoms with Gasteiger partial charge in [0.15, 0.2) is 0 Å². The number of ether oxygens (including phenoxy) is 2. The maximum atomic E-state index is 13.5. The zero-order chi connectivity index (χ0) is 22.7. The first kappa shape index (κ1) is 21.1. The van der Waals surface area contributed by atoms with Crippen molar-refractivity contribution in [3.8, 4) is 11.5 Å². The molecule has 1 aliphatic heterocycles. The Kier molecular flexibility index (Phi) is 5.89. The number of carbonyl (C=O) groups excluding carboxylic acids is 2. The highest BCUT2D eigenvalue weighted by Gasteiger charge is 2.40. The average molecular weight is 432 g/mol. The third-order valence-corrected chi connectivity index (χ3v) is 5.18. The van der Waals surface area contributed by atoms with Crippen molar-refractivity contribution in [2.75, 3.05) is 19.5 Å². The number of anilines is 1. The van der Waals surface area contributed by atoms with Crippen LogP contribution in [0.25, 0.3) is 5.57 Å². The van der Waals surface area contributed by atoms with Crippen LogP contribution in [0.1, 0.15) is 11.1 Å². The summed E-state index contributed by atoms with van der Waals surface area (Å²) in [6.07, 6.45) is 0. The summed E-state index contributed by atoms with van der Waals surface area (Å²) in [5, 5.41) is 3.01. The lowest BCUT2D eigenvalue weighted by molar-refractivity contribution is -0.137. The summed E-state index contributed by atoms with van der Waals surface area (Å²) in [6, 6.07) is 19.7. The Balaban J connectivity index is 1.78. The molecule has 162 valence electrons. The molecule has 6 nitrogen and oxygen atoms in total. The van der Waals surface area contributed by atoms with Gasteiger partial charge in [0.25, 0.3) is 11.8 Å². The molecule has 0 saturated carbocycles. The van der Waals surface area contributed by atoms with E-state index < -0.39 is 17.6 Å². The van der Waals surface area contributed by atoms with Gasteiger partial charge in [-0.15, -0.1) is 0 Å². The average Bonchev–Trinajstić information content (AvgIpc) is 3.04. The second-order valence-electron chi connectivity index (χ2n) is 7.09. The van der Waals surface area contributed by atoms with E-state index in [0.29, 0.717) is 28.3 Å². The lowest BCUT2D eigenvalue weighted by Crippen LogP contribution is -2.32. The Morgan fingerprint density at radius 2 is 1.44 bits per heavy atom. The van der Waals surface area contributed by atoms with Gasteiger partial charge in [0, 0.05) is 16.8 Å². The van der Waals surface area contributed by atoms with Gasteiger partial charge in [-0.05, 0) is 36.4 Å². The highest BCUT2D eigenvalue weighted by atomic mass is 19.1. The molecule has 0 fully saturated rings. The molecule has 1 aliphatic rings. The normalized spacial score (nSPS) is 13.5. The monoisotopic (exact) mass is 432 g/mol. The number of rotatable bonds is 7. The Morgan fingerprint density at radius 1 is 0.812 bits per heavy atom. The van der Waals surface area contributed by atoms with E-state index in [9.17, 15) is 14.0 Å². The van der Waals surface area contributed by atoms with Gasteiger partial charge in [-0.25, -0.2) is 4.39 Å². The van der Waals surface area contributed by atoms with E-state index >= 15 is 0 Å². The molecule has 0 bridgehead atoms. The highest BCUT2D eigenvalue weighted by Crippen LogP contribution is 2.36. The van der Waals surface area contributed by atoms with Crippen molar-refractivity contribution in [1.29, 1.82) is 0 Å². The molecule has 32 heavy (non-hydrogen) atoms. The Morgan fingerprint density at radius 3 is 2.12 bits per heavy atom. The fraction of sp³-hybridized carbons (Fsp3) is 0.120. The number of nitrogens with one attached hydrogen (secondary N) is 1. The molecule has 3 aromatic rings. The number of para-hydroxylation sites is 2. The van der Waals surface area contributed by atoms with E-state index in [-0.39, 0.29) is 17.8 Å². The number of nitrogens with zero attached hydrogens (tertiary/aromatic N) is 1. The lowest BCUT2D eigenvalue weighted by atomic mass is 10.0. The lowest BCUT2D eigenvalue weighted by Gasteiger charge is -2.17. The van der Waals surface area contributed by atoms with Crippen LogP contribution in [0.5, 0.6) is 11.5 Å². The summed E-state index contributed by atoms with van der Waals surface area (Å²) in [4.78, 5) is 28.1. The topological polar surface area (TPSA) is 67.9 Å². The molecule has 1 N–H and O–H groups in total. The second-order valence-corrected chi connectivity index (χ2v) is 7.09. The molecule has 1 heterocycles. The number of amides is 2. The minimum absolute atomic E-state index is 0.0366. The van der Waals surface area contributed by atoms with E-state index in [1.54, 1.807) is 36.4 Å².